The van der Waals surface area contributed by atoms with E-state index < -0.39 is 0 Å². The summed E-state index contributed by atoms with van der Waals surface area (Å²) in [5.41, 5.74) is 0.871. The Balaban J connectivity index is 1.84. The molecule has 100 valence electrons. The zero-order chi connectivity index (χ0) is 13.4. The van der Waals surface area contributed by atoms with Crippen molar-refractivity contribution in [3.8, 4) is 0 Å². The molecule has 19 heavy (non-hydrogen) atoms. The normalized spacial score (nSPS) is 18.8. The van der Waals surface area contributed by atoms with Gasteiger partial charge in [-0.05, 0) is 12.1 Å². The van der Waals surface area contributed by atoms with Gasteiger partial charge in [-0.25, -0.2) is 9.78 Å². The monoisotopic (exact) mass is 261 g/mol. The average molecular weight is 261 g/mol. The van der Waals surface area contributed by atoms with Gasteiger partial charge in [0.15, 0.2) is 5.82 Å². The van der Waals surface area contributed by atoms with E-state index in [0.29, 0.717) is 12.4 Å². The van der Waals surface area contributed by atoms with Gasteiger partial charge >= 0.3 is 6.03 Å². The summed E-state index contributed by atoms with van der Waals surface area (Å²) in [5.74, 6) is 1.47. The third-order valence-electron chi connectivity index (χ3n) is 3.26. The molecule has 0 aromatic carbocycles. The number of carbonyl (C=O) groups is 1. The van der Waals surface area contributed by atoms with Crippen LogP contribution in [0.2, 0.25) is 0 Å². The molecule has 0 spiro atoms. The summed E-state index contributed by atoms with van der Waals surface area (Å²) in [6, 6.07) is 3.62. The van der Waals surface area contributed by atoms with Crippen molar-refractivity contribution in [2.24, 2.45) is 0 Å². The summed E-state index contributed by atoms with van der Waals surface area (Å²) < 4.78 is 5.28. The summed E-state index contributed by atoms with van der Waals surface area (Å²) in [4.78, 5) is 22.5. The van der Waals surface area contributed by atoms with Crippen molar-refractivity contribution in [1.29, 1.82) is 0 Å². The average Bonchev–Trinajstić information content (AvgIpc) is 3.06. The Bertz CT molecular complexity index is 577. The maximum absolute atomic E-state index is 12.1. The van der Waals surface area contributed by atoms with Crippen molar-refractivity contribution in [1.82, 2.24) is 20.2 Å². The number of carbonyl (C=O) groups excluding carboxylic acids is 1. The Morgan fingerprint density at radius 1 is 1.53 bits per heavy atom. The molecular formula is C12H15N5O2. The number of aromatic nitrogens is 2. The molecule has 0 bridgehead atoms. The van der Waals surface area contributed by atoms with Crippen LogP contribution in [0.1, 0.15) is 17.6 Å². The van der Waals surface area contributed by atoms with Crippen molar-refractivity contribution in [2.75, 3.05) is 19.0 Å². The Morgan fingerprint density at radius 3 is 3.11 bits per heavy atom. The summed E-state index contributed by atoms with van der Waals surface area (Å²) >= 11 is 0. The molecule has 0 fully saturated rings. The summed E-state index contributed by atoms with van der Waals surface area (Å²) in [6.07, 6.45) is 2.98. The molecule has 7 nitrogen and oxygen atoms in total. The summed E-state index contributed by atoms with van der Waals surface area (Å²) in [5, 5.41) is 3.28. The van der Waals surface area contributed by atoms with Gasteiger partial charge in [0.2, 0.25) is 0 Å². The van der Waals surface area contributed by atoms with Crippen LogP contribution in [0.15, 0.2) is 29.1 Å². The molecule has 2 aromatic rings. The highest BCUT2D eigenvalue weighted by Gasteiger charge is 2.35. The van der Waals surface area contributed by atoms with Gasteiger partial charge in [0.1, 0.15) is 11.9 Å². The highest BCUT2D eigenvalue weighted by molar-refractivity contribution is 5.93. The van der Waals surface area contributed by atoms with E-state index in [1.54, 1.807) is 31.6 Å². The fraction of sp³-hybridized carbons (Fsp3) is 0.333. The molecule has 3 heterocycles. The van der Waals surface area contributed by atoms with Crippen molar-refractivity contribution >= 4 is 11.8 Å². The van der Waals surface area contributed by atoms with E-state index in [4.69, 9.17) is 4.42 Å². The molecular weight excluding hydrogens is 246 g/mol. The first-order valence-electron chi connectivity index (χ1n) is 5.98. The molecule has 2 aromatic heterocycles. The number of nitrogens with zero attached hydrogens (tertiary/aromatic N) is 3. The Morgan fingerprint density at radius 2 is 2.37 bits per heavy atom. The van der Waals surface area contributed by atoms with Crippen LogP contribution in [0.25, 0.3) is 0 Å². The fourth-order valence-electron chi connectivity index (χ4n) is 2.25. The number of furan rings is 1. The number of urea groups is 1. The number of anilines is 1. The predicted octanol–water partition coefficient (Wildman–Crippen LogP) is 1.29. The number of imidazole rings is 1. The maximum Gasteiger partial charge on any atom is 0.326 e. The second kappa shape index (κ2) is 4.43. The number of hydrogen-bond donors (Lipinski definition) is 2. The molecule has 1 aliphatic heterocycles. The van der Waals surface area contributed by atoms with Crippen molar-refractivity contribution in [3.05, 3.63) is 36.2 Å². The van der Waals surface area contributed by atoms with Crippen LogP contribution in [-0.4, -0.2) is 35.0 Å². The molecule has 1 aliphatic rings. The van der Waals surface area contributed by atoms with Crippen molar-refractivity contribution in [3.63, 3.8) is 0 Å². The minimum atomic E-state index is -0.244. The van der Waals surface area contributed by atoms with Gasteiger partial charge in [-0.1, -0.05) is 0 Å². The van der Waals surface area contributed by atoms with Gasteiger partial charge in [0.25, 0.3) is 0 Å². The lowest BCUT2D eigenvalue weighted by Crippen LogP contribution is -2.50. The number of hydrogen-bond acceptors (Lipinski definition) is 4. The zero-order valence-electron chi connectivity index (χ0n) is 10.8. The molecule has 0 saturated heterocycles. The lowest BCUT2D eigenvalue weighted by molar-refractivity contribution is 0.177. The van der Waals surface area contributed by atoms with E-state index in [2.05, 4.69) is 15.3 Å². The third-order valence-corrected chi connectivity index (χ3v) is 3.26. The minimum absolute atomic E-state index is 0.100. The van der Waals surface area contributed by atoms with E-state index in [9.17, 15) is 4.79 Å². The van der Waals surface area contributed by atoms with Gasteiger partial charge in [-0.3, -0.25) is 10.2 Å². The summed E-state index contributed by atoms with van der Waals surface area (Å²) in [6.45, 7) is 0.539. The van der Waals surface area contributed by atoms with Gasteiger partial charge in [0.05, 0.1) is 24.8 Å². The lowest BCUT2D eigenvalue weighted by atomic mass is 10.2. The van der Waals surface area contributed by atoms with Gasteiger partial charge < -0.3 is 14.3 Å². The Labute approximate surface area is 110 Å². The minimum Gasteiger partial charge on any atom is -0.468 e. The SMILES string of the molecule is CN1C(=O)N(C)C(NCc2ccco2)c2[nH]cnc21. The molecule has 3 rings (SSSR count). The fourth-order valence-corrected chi connectivity index (χ4v) is 2.25. The third kappa shape index (κ3) is 1.88. The van der Waals surface area contributed by atoms with E-state index in [-0.39, 0.29) is 12.2 Å². The standard InChI is InChI=1S/C12H15N5O2/c1-16-10(13-6-8-4-3-5-19-8)9-11(15-7-14-9)17(2)12(16)18/h3-5,7,10,13H,6H2,1-2H3,(H,14,15). The highest BCUT2D eigenvalue weighted by atomic mass is 16.3. The molecule has 0 saturated carbocycles. The Kier molecular flexibility index (Phi) is 2.75. The molecule has 2 N–H and O–H groups in total. The van der Waals surface area contributed by atoms with Crippen LogP contribution in [0, 0.1) is 0 Å². The second-order valence-electron chi connectivity index (χ2n) is 4.46. The first kappa shape index (κ1) is 11.8. The van der Waals surface area contributed by atoms with E-state index in [1.165, 1.54) is 4.90 Å². The van der Waals surface area contributed by atoms with Crippen LogP contribution >= 0.6 is 0 Å². The molecule has 1 unspecified atom stereocenters. The number of fused-ring (bicyclic) bond motifs is 1. The van der Waals surface area contributed by atoms with E-state index in [0.717, 1.165) is 11.5 Å². The van der Waals surface area contributed by atoms with E-state index in [1.807, 2.05) is 12.1 Å². The van der Waals surface area contributed by atoms with Crippen molar-refractivity contribution < 1.29 is 9.21 Å². The van der Waals surface area contributed by atoms with Crippen LogP contribution in [0.5, 0.6) is 0 Å². The second-order valence-corrected chi connectivity index (χ2v) is 4.46. The number of aromatic amines is 1. The van der Waals surface area contributed by atoms with Gasteiger partial charge in [-0.15, -0.1) is 0 Å². The number of amides is 2. The zero-order valence-corrected chi connectivity index (χ0v) is 10.8. The first-order valence-corrected chi connectivity index (χ1v) is 5.98. The molecule has 0 radical (unpaired) electrons. The lowest BCUT2D eigenvalue weighted by Gasteiger charge is -2.36. The largest absolute Gasteiger partial charge is 0.468 e. The number of rotatable bonds is 3. The molecule has 0 aliphatic carbocycles. The Hall–Kier alpha value is -2.28. The number of H-pyrrole nitrogens is 1. The van der Waals surface area contributed by atoms with Crippen LogP contribution in [0.4, 0.5) is 10.6 Å². The molecule has 7 heteroatoms. The van der Waals surface area contributed by atoms with Gasteiger partial charge in [0, 0.05) is 14.1 Å². The maximum atomic E-state index is 12.1. The van der Waals surface area contributed by atoms with Crippen molar-refractivity contribution in [2.45, 2.75) is 12.7 Å². The highest BCUT2D eigenvalue weighted by Crippen LogP contribution is 2.30. The predicted molar refractivity (Wildman–Crippen MR) is 68.4 cm³/mol. The van der Waals surface area contributed by atoms with Crippen LogP contribution < -0.4 is 10.2 Å². The number of nitrogens with one attached hydrogen (secondary N) is 2. The smallest absolute Gasteiger partial charge is 0.326 e. The summed E-state index contributed by atoms with van der Waals surface area (Å²) in [7, 11) is 3.46. The quantitative estimate of drug-likeness (QED) is 0.872. The first-order chi connectivity index (χ1) is 9.18. The topological polar surface area (TPSA) is 77.4 Å². The molecule has 2 amide bonds. The van der Waals surface area contributed by atoms with Crippen LogP contribution in [0.3, 0.4) is 0 Å². The molecule has 1 atom stereocenters. The van der Waals surface area contributed by atoms with Crippen LogP contribution in [-0.2, 0) is 6.54 Å². The van der Waals surface area contributed by atoms with E-state index >= 15 is 0 Å². The van der Waals surface area contributed by atoms with Gasteiger partial charge in [-0.2, -0.15) is 0 Å².